The summed E-state index contributed by atoms with van der Waals surface area (Å²) < 4.78 is 13.7. The molecule has 8 heteroatoms. The molecule has 0 saturated carbocycles. The van der Waals surface area contributed by atoms with Gasteiger partial charge in [0.15, 0.2) is 0 Å². The van der Waals surface area contributed by atoms with Crippen LogP contribution < -0.4 is 10.2 Å². The van der Waals surface area contributed by atoms with Gasteiger partial charge in [0.05, 0.1) is 11.4 Å². The maximum Gasteiger partial charge on any atom is 0.216 e. The number of piperidine rings is 1. The lowest BCUT2D eigenvalue weighted by Gasteiger charge is -2.34. The summed E-state index contributed by atoms with van der Waals surface area (Å²) in [6.45, 7) is 4.08. The molecular formula is C16H18FN7. The van der Waals surface area contributed by atoms with Crippen LogP contribution in [0.15, 0.2) is 24.4 Å². The van der Waals surface area contributed by atoms with E-state index in [0.29, 0.717) is 11.6 Å². The van der Waals surface area contributed by atoms with Crippen molar-refractivity contribution < 1.29 is 4.39 Å². The Balaban J connectivity index is 1.87. The normalized spacial score (nSPS) is 18.3. The quantitative estimate of drug-likeness (QED) is 0.838. The standard InChI is InChI=1S/C16H18FN7/c1-11-3-2-6-24(10-11)15-5-4-13(17)7-14(15)19-9-12(8-18)16-20-22-23-21-16/h4-5,7,9,11,19H,2-3,6,10H2,1H3,(H,20,21,22,23). The number of anilines is 2. The minimum Gasteiger partial charge on any atom is -0.370 e. The summed E-state index contributed by atoms with van der Waals surface area (Å²) in [6, 6.07) is 6.65. The van der Waals surface area contributed by atoms with Crippen LogP contribution in [0.25, 0.3) is 5.57 Å². The third kappa shape index (κ3) is 3.51. The van der Waals surface area contributed by atoms with Crippen LogP contribution in [-0.2, 0) is 0 Å². The summed E-state index contributed by atoms with van der Waals surface area (Å²) >= 11 is 0. The summed E-state index contributed by atoms with van der Waals surface area (Å²) in [5.74, 6) is 0.452. The molecule has 0 amide bonds. The highest BCUT2D eigenvalue weighted by Gasteiger charge is 2.19. The van der Waals surface area contributed by atoms with Gasteiger partial charge in [0.2, 0.25) is 5.82 Å². The number of aromatic nitrogens is 4. The lowest BCUT2D eigenvalue weighted by molar-refractivity contribution is 0.447. The van der Waals surface area contributed by atoms with Crippen molar-refractivity contribution >= 4 is 16.9 Å². The van der Waals surface area contributed by atoms with E-state index in [0.717, 1.165) is 25.2 Å². The second kappa shape index (κ2) is 7.08. The van der Waals surface area contributed by atoms with E-state index < -0.39 is 0 Å². The van der Waals surface area contributed by atoms with Crippen molar-refractivity contribution in [1.29, 1.82) is 5.26 Å². The first-order valence-corrected chi connectivity index (χ1v) is 7.82. The Morgan fingerprint density at radius 2 is 2.42 bits per heavy atom. The highest BCUT2D eigenvalue weighted by molar-refractivity contribution is 5.77. The summed E-state index contributed by atoms with van der Waals surface area (Å²) in [6.07, 6.45) is 3.79. The van der Waals surface area contributed by atoms with Crippen molar-refractivity contribution in [2.24, 2.45) is 5.92 Å². The molecule has 2 N–H and O–H groups in total. The van der Waals surface area contributed by atoms with Gasteiger partial charge in [0.25, 0.3) is 0 Å². The second-order valence-electron chi connectivity index (χ2n) is 5.90. The van der Waals surface area contributed by atoms with E-state index in [1.54, 1.807) is 6.07 Å². The lowest BCUT2D eigenvalue weighted by Crippen LogP contribution is -2.34. The van der Waals surface area contributed by atoms with Gasteiger partial charge in [-0.2, -0.15) is 10.5 Å². The van der Waals surface area contributed by atoms with E-state index in [-0.39, 0.29) is 17.2 Å². The van der Waals surface area contributed by atoms with Gasteiger partial charge in [-0.1, -0.05) is 6.92 Å². The molecule has 1 saturated heterocycles. The number of allylic oxidation sites excluding steroid dienone is 1. The van der Waals surface area contributed by atoms with Crippen molar-refractivity contribution in [3.05, 3.63) is 36.0 Å². The van der Waals surface area contributed by atoms with E-state index in [4.69, 9.17) is 0 Å². The van der Waals surface area contributed by atoms with Crippen LogP contribution in [0.5, 0.6) is 0 Å². The molecule has 2 heterocycles. The van der Waals surface area contributed by atoms with E-state index in [2.05, 4.69) is 37.8 Å². The summed E-state index contributed by atoms with van der Waals surface area (Å²) in [4.78, 5) is 2.24. The molecule has 0 bridgehead atoms. The second-order valence-corrected chi connectivity index (χ2v) is 5.90. The molecule has 1 aromatic carbocycles. The van der Waals surface area contributed by atoms with Gasteiger partial charge in [0, 0.05) is 19.3 Å². The monoisotopic (exact) mass is 327 g/mol. The number of hydrogen-bond donors (Lipinski definition) is 2. The predicted molar refractivity (Wildman–Crippen MR) is 88.4 cm³/mol. The van der Waals surface area contributed by atoms with Gasteiger partial charge in [-0.05, 0) is 42.2 Å². The fourth-order valence-corrected chi connectivity index (χ4v) is 2.88. The molecule has 3 rings (SSSR count). The van der Waals surface area contributed by atoms with E-state index in [9.17, 15) is 9.65 Å². The molecule has 24 heavy (non-hydrogen) atoms. The summed E-state index contributed by atoms with van der Waals surface area (Å²) in [7, 11) is 0. The largest absolute Gasteiger partial charge is 0.370 e. The number of benzene rings is 1. The highest BCUT2D eigenvalue weighted by Crippen LogP contribution is 2.31. The number of tetrazole rings is 1. The van der Waals surface area contributed by atoms with Crippen molar-refractivity contribution in [2.75, 3.05) is 23.3 Å². The number of halogens is 1. The number of nitriles is 1. The zero-order valence-corrected chi connectivity index (χ0v) is 13.3. The lowest BCUT2D eigenvalue weighted by atomic mass is 9.99. The van der Waals surface area contributed by atoms with Crippen molar-refractivity contribution in [3.63, 3.8) is 0 Å². The minimum absolute atomic E-state index is 0.189. The number of aromatic amines is 1. The first-order valence-electron chi connectivity index (χ1n) is 7.82. The first kappa shape index (κ1) is 15.9. The Morgan fingerprint density at radius 1 is 1.54 bits per heavy atom. The Labute approximate surface area is 139 Å². The Bertz CT molecular complexity index is 763. The third-order valence-corrected chi connectivity index (χ3v) is 4.04. The molecule has 1 aliphatic rings. The average molecular weight is 327 g/mol. The average Bonchev–Trinajstić information content (AvgIpc) is 3.10. The predicted octanol–water partition coefficient (Wildman–Crippen LogP) is 2.55. The number of nitrogens with one attached hydrogen (secondary N) is 2. The van der Waals surface area contributed by atoms with Crippen LogP contribution in [-0.4, -0.2) is 33.7 Å². The molecule has 1 atom stereocenters. The van der Waals surface area contributed by atoms with Crippen LogP contribution in [0, 0.1) is 23.1 Å². The molecule has 0 radical (unpaired) electrons. The fourth-order valence-electron chi connectivity index (χ4n) is 2.88. The molecule has 2 aromatic rings. The molecule has 0 spiro atoms. The third-order valence-electron chi connectivity index (χ3n) is 4.04. The maximum atomic E-state index is 13.7. The van der Waals surface area contributed by atoms with Gasteiger partial charge in [0.1, 0.15) is 17.5 Å². The topological polar surface area (TPSA) is 93.5 Å². The minimum atomic E-state index is -0.335. The molecule has 124 valence electrons. The summed E-state index contributed by atoms with van der Waals surface area (Å²) in [5, 5.41) is 25.5. The van der Waals surface area contributed by atoms with Crippen molar-refractivity contribution in [1.82, 2.24) is 20.6 Å². The van der Waals surface area contributed by atoms with Crippen molar-refractivity contribution in [2.45, 2.75) is 19.8 Å². The Morgan fingerprint density at radius 3 is 3.12 bits per heavy atom. The number of H-pyrrole nitrogens is 1. The maximum absolute atomic E-state index is 13.7. The zero-order valence-electron chi connectivity index (χ0n) is 13.3. The van der Waals surface area contributed by atoms with Gasteiger partial charge in [-0.25, -0.2) is 4.39 Å². The SMILES string of the molecule is CC1CCCN(c2ccc(F)cc2NC=C(C#N)c2nn[nH]n2)C1. The molecule has 7 nitrogen and oxygen atoms in total. The fraction of sp³-hybridized carbons (Fsp3) is 0.375. The van der Waals surface area contributed by atoms with Gasteiger partial charge < -0.3 is 10.2 Å². The zero-order chi connectivity index (χ0) is 16.9. The van der Waals surface area contributed by atoms with Crippen LogP contribution in [0.1, 0.15) is 25.6 Å². The summed E-state index contributed by atoms with van der Waals surface area (Å²) in [5.41, 5.74) is 1.75. The Kier molecular flexibility index (Phi) is 4.70. The molecule has 1 fully saturated rings. The van der Waals surface area contributed by atoms with Crippen LogP contribution in [0.2, 0.25) is 0 Å². The Hall–Kier alpha value is -2.95. The van der Waals surface area contributed by atoms with Gasteiger partial charge >= 0.3 is 0 Å². The smallest absolute Gasteiger partial charge is 0.216 e. The van der Waals surface area contributed by atoms with E-state index >= 15 is 0 Å². The number of rotatable bonds is 4. The van der Waals surface area contributed by atoms with Crippen LogP contribution in [0.4, 0.5) is 15.8 Å². The molecule has 0 aliphatic carbocycles. The number of hydrogen-bond acceptors (Lipinski definition) is 6. The first-order chi connectivity index (χ1) is 11.7. The molecule has 1 unspecified atom stereocenters. The van der Waals surface area contributed by atoms with Gasteiger partial charge in [-0.15, -0.1) is 10.2 Å². The van der Waals surface area contributed by atoms with Gasteiger partial charge in [-0.3, -0.25) is 0 Å². The van der Waals surface area contributed by atoms with Crippen LogP contribution in [0.3, 0.4) is 0 Å². The molecule has 1 aromatic heterocycles. The molecular weight excluding hydrogens is 309 g/mol. The van der Waals surface area contributed by atoms with Crippen LogP contribution >= 0.6 is 0 Å². The highest BCUT2D eigenvalue weighted by atomic mass is 19.1. The van der Waals surface area contributed by atoms with Crippen molar-refractivity contribution in [3.8, 4) is 6.07 Å². The van der Waals surface area contributed by atoms with E-state index in [1.807, 2.05) is 6.07 Å². The van der Waals surface area contributed by atoms with E-state index in [1.165, 1.54) is 24.8 Å². The molecule has 1 aliphatic heterocycles. The number of nitrogens with zero attached hydrogens (tertiary/aromatic N) is 5.